The van der Waals surface area contributed by atoms with Gasteiger partial charge in [-0.3, -0.25) is 4.68 Å². The fourth-order valence-electron chi connectivity index (χ4n) is 2.14. The van der Waals surface area contributed by atoms with Gasteiger partial charge in [0.1, 0.15) is 12.2 Å². The number of nitrogens with zero attached hydrogens (tertiary/aromatic N) is 4. The third-order valence-corrected chi connectivity index (χ3v) is 3.99. The number of rotatable bonds is 7. The maximum absolute atomic E-state index is 4.54. The second-order valence-corrected chi connectivity index (χ2v) is 5.48. The van der Waals surface area contributed by atoms with Gasteiger partial charge in [0.25, 0.3) is 0 Å². The van der Waals surface area contributed by atoms with Crippen LogP contribution in [0, 0.1) is 6.92 Å². The smallest absolute Gasteiger partial charge is 0.138 e. The van der Waals surface area contributed by atoms with Crippen molar-refractivity contribution in [1.82, 2.24) is 25.1 Å². The van der Waals surface area contributed by atoms with Crippen LogP contribution < -0.4 is 5.32 Å². The lowest BCUT2D eigenvalue weighted by Crippen LogP contribution is -2.34. The van der Waals surface area contributed by atoms with E-state index in [-0.39, 0.29) is 0 Å². The molecule has 2 heterocycles. The van der Waals surface area contributed by atoms with Crippen molar-refractivity contribution in [1.29, 1.82) is 0 Å². The summed E-state index contributed by atoms with van der Waals surface area (Å²) in [6.07, 6.45) is 3.47. The standard InChI is InChI=1S/C13H21N5S/c1-4-14-11(7-13-17-10(3)8-19-13)6-12-15-9-16-18(12)5-2/h8-9,11,14H,4-7H2,1-3H3. The van der Waals surface area contributed by atoms with Crippen LogP contribution in [0.5, 0.6) is 0 Å². The summed E-state index contributed by atoms with van der Waals surface area (Å²) in [5.74, 6) is 1.04. The van der Waals surface area contributed by atoms with Crippen molar-refractivity contribution in [3.63, 3.8) is 0 Å². The van der Waals surface area contributed by atoms with Gasteiger partial charge in [0, 0.05) is 36.5 Å². The summed E-state index contributed by atoms with van der Waals surface area (Å²) in [6, 6.07) is 0.366. The number of likely N-dealkylation sites (N-methyl/N-ethyl adjacent to an activating group) is 1. The van der Waals surface area contributed by atoms with E-state index in [2.05, 4.69) is 39.6 Å². The molecule has 0 saturated carbocycles. The quantitative estimate of drug-likeness (QED) is 0.840. The number of hydrogen-bond acceptors (Lipinski definition) is 5. The molecular weight excluding hydrogens is 258 g/mol. The fraction of sp³-hybridized carbons (Fsp3) is 0.615. The van der Waals surface area contributed by atoms with Crippen LogP contribution in [-0.2, 0) is 19.4 Å². The van der Waals surface area contributed by atoms with Crippen molar-refractivity contribution in [2.45, 2.75) is 46.2 Å². The van der Waals surface area contributed by atoms with E-state index in [1.807, 2.05) is 11.6 Å². The Morgan fingerprint density at radius 2 is 2.21 bits per heavy atom. The van der Waals surface area contributed by atoms with Gasteiger partial charge in [0.15, 0.2) is 0 Å². The molecule has 0 saturated heterocycles. The first-order valence-electron chi connectivity index (χ1n) is 6.74. The molecule has 2 aromatic heterocycles. The fourth-order valence-corrected chi connectivity index (χ4v) is 3.00. The Labute approximate surface area is 118 Å². The molecule has 19 heavy (non-hydrogen) atoms. The first-order chi connectivity index (χ1) is 9.22. The molecule has 0 aliphatic rings. The molecule has 0 spiro atoms. The Balaban J connectivity index is 2.03. The molecule has 5 nitrogen and oxygen atoms in total. The first kappa shape index (κ1) is 14.1. The van der Waals surface area contributed by atoms with Gasteiger partial charge in [0.05, 0.1) is 5.01 Å². The Hall–Kier alpha value is -1.27. The molecule has 0 radical (unpaired) electrons. The second-order valence-electron chi connectivity index (χ2n) is 4.54. The van der Waals surface area contributed by atoms with E-state index in [0.29, 0.717) is 6.04 Å². The zero-order valence-corrected chi connectivity index (χ0v) is 12.6. The van der Waals surface area contributed by atoms with Crippen LogP contribution in [0.1, 0.15) is 30.4 Å². The van der Waals surface area contributed by atoms with Crippen LogP contribution >= 0.6 is 11.3 Å². The molecule has 2 rings (SSSR count). The highest BCUT2D eigenvalue weighted by Crippen LogP contribution is 2.13. The SMILES string of the molecule is CCNC(Cc1nc(C)cs1)Cc1ncnn1CC. The first-order valence-corrected chi connectivity index (χ1v) is 7.62. The predicted octanol–water partition coefficient (Wildman–Crippen LogP) is 1.83. The average molecular weight is 279 g/mol. The van der Waals surface area contributed by atoms with Crippen molar-refractivity contribution >= 4 is 11.3 Å². The maximum Gasteiger partial charge on any atom is 0.138 e. The highest BCUT2D eigenvalue weighted by molar-refractivity contribution is 7.09. The molecule has 0 aliphatic heterocycles. The zero-order chi connectivity index (χ0) is 13.7. The molecule has 0 aliphatic carbocycles. The van der Waals surface area contributed by atoms with Crippen LogP contribution in [0.15, 0.2) is 11.7 Å². The van der Waals surface area contributed by atoms with Gasteiger partial charge >= 0.3 is 0 Å². The van der Waals surface area contributed by atoms with E-state index >= 15 is 0 Å². The van der Waals surface area contributed by atoms with Gasteiger partial charge in [0.2, 0.25) is 0 Å². The Morgan fingerprint density at radius 1 is 1.37 bits per heavy atom. The maximum atomic E-state index is 4.54. The number of aryl methyl sites for hydroxylation is 2. The normalized spacial score (nSPS) is 12.8. The summed E-state index contributed by atoms with van der Waals surface area (Å²) in [7, 11) is 0. The number of aromatic nitrogens is 4. The van der Waals surface area contributed by atoms with Crippen molar-refractivity contribution < 1.29 is 0 Å². The lowest BCUT2D eigenvalue weighted by atomic mass is 10.1. The highest BCUT2D eigenvalue weighted by atomic mass is 32.1. The van der Waals surface area contributed by atoms with E-state index in [4.69, 9.17) is 0 Å². The van der Waals surface area contributed by atoms with E-state index in [1.54, 1.807) is 17.7 Å². The van der Waals surface area contributed by atoms with Crippen LogP contribution in [0.25, 0.3) is 0 Å². The number of thiazole rings is 1. The Morgan fingerprint density at radius 3 is 2.84 bits per heavy atom. The second kappa shape index (κ2) is 6.77. The third kappa shape index (κ3) is 3.84. The molecule has 0 fully saturated rings. The monoisotopic (exact) mass is 279 g/mol. The van der Waals surface area contributed by atoms with Gasteiger partial charge in [-0.2, -0.15) is 5.10 Å². The van der Waals surface area contributed by atoms with Crippen LogP contribution in [0.2, 0.25) is 0 Å². The minimum absolute atomic E-state index is 0.366. The molecule has 0 aromatic carbocycles. The summed E-state index contributed by atoms with van der Waals surface area (Å²) in [4.78, 5) is 8.89. The molecule has 1 N–H and O–H groups in total. The molecule has 104 valence electrons. The minimum atomic E-state index is 0.366. The Bertz CT molecular complexity index is 505. The summed E-state index contributed by atoms with van der Waals surface area (Å²) in [5, 5.41) is 11.0. The van der Waals surface area contributed by atoms with E-state index in [9.17, 15) is 0 Å². The summed E-state index contributed by atoms with van der Waals surface area (Å²) in [5.41, 5.74) is 1.10. The lowest BCUT2D eigenvalue weighted by molar-refractivity contribution is 0.489. The van der Waals surface area contributed by atoms with Crippen molar-refractivity contribution in [3.05, 3.63) is 28.2 Å². The van der Waals surface area contributed by atoms with E-state index in [0.717, 1.165) is 37.4 Å². The van der Waals surface area contributed by atoms with Gasteiger partial charge in [-0.1, -0.05) is 6.92 Å². The molecule has 1 atom stereocenters. The number of nitrogens with one attached hydrogen (secondary N) is 1. The van der Waals surface area contributed by atoms with Crippen molar-refractivity contribution in [2.75, 3.05) is 6.54 Å². The summed E-state index contributed by atoms with van der Waals surface area (Å²) in [6.45, 7) is 8.07. The van der Waals surface area contributed by atoms with Gasteiger partial charge in [-0.05, 0) is 20.4 Å². The minimum Gasteiger partial charge on any atom is -0.313 e. The zero-order valence-electron chi connectivity index (χ0n) is 11.8. The van der Waals surface area contributed by atoms with E-state index in [1.165, 1.54) is 5.01 Å². The van der Waals surface area contributed by atoms with Crippen molar-refractivity contribution in [3.8, 4) is 0 Å². The highest BCUT2D eigenvalue weighted by Gasteiger charge is 2.15. The molecule has 0 bridgehead atoms. The third-order valence-electron chi connectivity index (χ3n) is 3.00. The predicted molar refractivity (Wildman–Crippen MR) is 77.4 cm³/mol. The molecule has 6 heteroatoms. The molecule has 1 unspecified atom stereocenters. The molecule has 0 amide bonds. The van der Waals surface area contributed by atoms with E-state index < -0.39 is 0 Å². The van der Waals surface area contributed by atoms with Crippen LogP contribution in [0.4, 0.5) is 0 Å². The Kier molecular flexibility index (Phi) is 5.04. The lowest BCUT2D eigenvalue weighted by Gasteiger charge is -2.16. The summed E-state index contributed by atoms with van der Waals surface area (Å²) < 4.78 is 1.96. The molecular formula is C13H21N5S. The summed E-state index contributed by atoms with van der Waals surface area (Å²) >= 11 is 1.73. The average Bonchev–Trinajstić information content (AvgIpc) is 2.99. The largest absolute Gasteiger partial charge is 0.313 e. The van der Waals surface area contributed by atoms with Gasteiger partial charge < -0.3 is 5.32 Å². The molecule has 2 aromatic rings. The van der Waals surface area contributed by atoms with Crippen LogP contribution in [0.3, 0.4) is 0 Å². The van der Waals surface area contributed by atoms with Crippen LogP contribution in [-0.4, -0.2) is 32.3 Å². The van der Waals surface area contributed by atoms with Crippen molar-refractivity contribution in [2.24, 2.45) is 0 Å². The van der Waals surface area contributed by atoms with Gasteiger partial charge in [-0.15, -0.1) is 11.3 Å². The van der Waals surface area contributed by atoms with Gasteiger partial charge in [-0.25, -0.2) is 9.97 Å². The topological polar surface area (TPSA) is 55.6 Å². The number of hydrogen-bond donors (Lipinski definition) is 1.